The van der Waals surface area contributed by atoms with Gasteiger partial charge in [-0.15, -0.1) is 11.3 Å². The molecule has 3 aromatic heterocycles. The third-order valence-corrected chi connectivity index (χ3v) is 4.93. The number of aromatic nitrogens is 2. The van der Waals surface area contributed by atoms with Gasteiger partial charge in [0.05, 0.1) is 23.4 Å². The molecule has 1 amide bonds. The van der Waals surface area contributed by atoms with Crippen LogP contribution >= 0.6 is 22.9 Å². The predicted octanol–water partition coefficient (Wildman–Crippen LogP) is 4.78. The lowest BCUT2D eigenvalue weighted by molar-refractivity contribution is 0.0940. The summed E-state index contributed by atoms with van der Waals surface area (Å²) in [6.45, 7) is 0.311. The van der Waals surface area contributed by atoms with Crippen molar-refractivity contribution in [1.82, 2.24) is 15.1 Å². The van der Waals surface area contributed by atoms with Crippen LogP contribution in [-0.2, 0) is 6.54 Å². The van der Waals surface area contributed by atoms with E-state index in [1.54, 1.807) is 46.5 Å². The second-order valence-corrected chi connectivity index (χ2v) is 6.93. The summed E-state index contributed by atoms with van der Waals surface area (Å²) in [4.78, 5) is 13.7. The highest BCUT2D eigenvalue weighted by Crippen LogP contribution is 2.26. The fourth-order valence-electron chi connectivity index (χ4n) is 2.54. The molecule has 7 heteroatoms. The molecule has 4 rings (SSSR count). The summed E-state index contributed by atoms with van der Waals surface area (Å²) in [6.07, 6.45) is 1.58. The maximum absolute atomic E-state index is 12.7. The number of carbonyl (C=O) groups excluding carboxylic acids is 1. The van der Waals surface area contributed by atoms with Crippen LogP contribution in [0.5, 0.6) is 0 Å². The molecule has 0 saturated carbocycles. The van der Waals surface area contributed by atoms with Gasteiger partial charge < -0.3 is 9.73 Å². The normalized spacial score (nSPS) is 10.8. The van der Waals surface area contributed by atoms with Gasteiger partial charge in [0.2, 0.25) is 0 Å². The number of hydrogen-bond acceptors (Lipinski definition) is 4. The van der Waals surface area contributed by atoms with Crippen molar-refractivity contribution >= 4 is 28.8 Å². The Morgan fingerprint density at radius 3 is 2.73 bits per heavy atom. The van der Waals surface area contributed by atoms with Crippen LogP contribution < -0.4 is 5.32 Å². The van der Waals surface area contributed by atoms with Crippen LogP contribution in [0.3, 0.4) is 0 Å². The molecule has 26 heavy (non-hydrogen) atoms. The Morgan fingerprint density at radius 2 is 2.04 bits per heavy atom. The first-order valence-corrected chi connectivity index (χ1v) is 9.17. The Kier molecular flexibility index (Phi) is 4.60. The Bertz CT molecular complexity index is 1010. The number of thiophene rings is 1. The van der Waals surface area contributed by atoms with E-state index >= 15 is 0 Å². The first-order valence-electron chi connectivity index (χ1n) is 7.91. The Hall–Kier alpha value is -2.83. The molecule has 0 saturated heterocycles. The zero-order valence-corrected chi connectivity index (χ0v) is 15.1. The summed E-state index contributed by atoms with van der Waals surface area (Å²) in [5.41, 5.74) is 1.96. The summed E-state index contributed by atoms with van der Waals surface area (Å²) >= 11 is 7.55. The van der Waals surface area contributed by atoms with Crippen LogP contribution in [0.25, 0.3) is 16.3 Å². The minimum absolute atomic E-state index is 0.230. The van der Waals surface area contributed by atoms with Gasteiger partial charge in [-0.1, -0.05) is 17.7 Å². The molecular weight excluding hydrogens is 370 g/mol. The van der Waals surface area contributed by atoms with Crippen LogP contribution in [0.15, 0.2) is 70.7 Å². The molecule has 0 aliphatic carbocycles. The number of amides is 1. The fraction of sp³-hybridized carbons (Fsp3) is 0.0526. The third kappa shape index (κ3) is 3.42. The van der Waals surface area contributed by atoms with Crippen molar-refractivity contribution in [3.05, 3.63) is 82.7 Å². The SMILES string of the molecule is O=C(NCc1ccco1)c1cc(-c2cccs2)nn1-c1ccc(Cl)cc1. The van der Waals surface area contributed by atoms with Gasteiger partial charge in [0.1, 0.15) is 17.1 Å². The molecular formula is C19H14ClN3O2S. The summed E-state index contributed by atoms with van der Waals surface area (Å²) in [5, 5.41) is 10.1. The average molecular weight is 384 g/mol. The number of rotatable bonds is 5. The highest BCUT2D eigenvalue weighted by atomic mass is 35.5. The maximum atomic E-state index is 12.7. The highest BCUT2D eigenvalue weighted by Gasteiger charge is 2.18. The Balaban J connectivity index is 1.69. The van der Waals surface area contributed by atoms with Gasteiger partial charge in [0.25, 0.3) is 5.91 Å². The van der Waals surface area contributed by atoms with Crippen molar-refractivity contribution in [3.63, 3.8) is 0 Å². The minimum Gasteiger partial charge on any atom is -0.467 e. The molecule has 0 aliphatic heterocycles. The third-order valence-electron chi connectivity index (χ3n) is 3.79. The number of hydrogen-bond donors (Lipinski definition) is 1. The van der Waals surface area contributed by atoms with Crippen molar-refractivity contribution in [1.29, 1.82) is 0 Å². The van der Waals surface area contributed by atoms with E-state index in [2.05, 4.69) is 10.4 Å². The van der Waals surface area contributed by atoms with Crippen LogP contribution in [0.4, 0.5) is 0 Å². The van der Waals surface area contributed by atoms with Crippen LogP contribution in [0, 0.1) is 0 Å². The second-order valence-electron chi connectivity index (χ2n) is 5.54. The molecule has 5 nitrogen and oxygen atoms in total. The monoisotopic (exact) mass is 383 g/mol. The summed E-state index contributed by atoms with van der Waals surface area (Å²) < 4.78 is 6.89. The molecule has 0 bridgehead atoms. The first-order chi connectivity index (χ1) is 12.7. The standard InChI is InChI=1S/C19H14ClN3O2S/c20-13-5-7-14(8-6-13)23-17(11-16(22-23)18-4-2-10-26-18)19(24)21-12-15-3-1-9-25-15/h1-11H,12H2,(H,21,24). The number of carbonyl (C=O) groups is 1. The van der Waals surface area contributed by atoms with Gasteiger partial charge in [-0.05, 0) is 53.9 Å². The van der Waals surface area contributed by atoms with Crippen LogP contribution in [0.2, 0.25) is 5.02 Å². The molecule has 0 spiro atoms. The van der Waals surface area contributed by atoms with Crippen LogP contribution in [0.1, 0.15) is 16.2 Å². The lowest BCUT2D eigenvalue weighted by atomic mass is 10.2. The lowest BCUT2D eigenvalue weighted by Crippen LogP contribution is -2.25. The van der Waals surface area contributed by atoms with Gasteiger partial charge in [0.15, 0.2) is 0 Å². The largest absolute Gasteiger partial charge is 0.467 e. The minimum atomic E-state index is -0.230. The van der Waals surface area contributed by atoms with Crippen molar-refractivity contribution in [2.75, 3.05) is 0 Å². The van der Waals surface area contributed by atoms with Gasteiger partial charge >= 0.3 is 0 Å². The van der Waals surface area contributed by atoms with Gasteiger partial charge in [-0.25, -0.2) is 4.68 Å². The molecule has 0 unspecified atom stereocenters. The summed E-state index contributed by atoms with van der Waals surface area (Å²) in [5.74, 6) is 0.459. The molecule has 1 aromatic carbocycles. The first kappa shape index (κ1) is 16.6. The lowest BCUT2D eigenvalue weighted by Gasteiger charge is -2.07. The van der Waals surface area contributed by atoms with Crippen molar-refractivity contribution < 1.29 is 9.21 Å². The Labute approximate surface area is 158 Å². The average Bonchev–Trinajstić information content (AvgIpc) is 3.41. The zero-order valence-electron chi connectivity index (χ0n) is 13.6. The van der Waals surface area contributed by atoms with Gasteiger partial charge in [0, 0.05) is 5.02 Å². The Morgan fingerprint density at radius 1 is 1.19 bits per heavy atom. The summed E-state index contributed by atoms with van der Waals surface area (Å²) in [6, 6.07) is 16.5. The topological polar surface area (TPSA) is 60.1 Å². The summed E-state index contributed by atoms with van der Waals surface area (Å²) in [7, 11) is 0. The molecule has 1 N–H and O–H groups in total. The molecule has 0 atom stereocenters. The molecule has 130 valence electrons. The predicted molar refractivity (Wildman–Crippen MR) is 102 cm³/mol. The molecule has 3 heterocycles. The van der Waals surface area contributed by atoms with E-state index in [9.17, 15) is 4.79 Å². The van der Waals surface area contributed by atoms with Crippen molar-refractivity contribution in [2.24, 2.45) is 0 Å². The maximum Gasteiger partial charge on any atom is 0.270 e. The van der Waals surface area contributed by atoms with Crippen molar-refractivity contribution in [2.45, 2.75) is 6.54 Å². The molecule has 4 aromatic rings. The van der Waals surface area contributed by atoms with E-state index in [-0.39, 0.29) is 5.91 Å². The number of furan rings is 1. The number of halogens is 1. The van der Waals surface area contributed by atoms with E-state index in [4.69, 9.17) is 16.0 Å². The smallest absolute Gasteiger partial charge is 0.270 e. The van der Waals surface area contributed by atoms with E-state index < -0.39 is 0 Å². The van der Waals surface area contributed by atoms with E-state index in [1.807, 2.05) is 35.7 Å². The van der Waals surface area contributed by atoms with E-state index in [0.717, 1.165) is 16.3 Å². The van der Waals surface area contributed by atoms with Crippen LogP contribution in [-0.4, -0.2) is 15.7 Å². The molecule has 0 radical (unpaired) electrons. The van der Waals surface area contributed by atoms with E-state index in [1.165, 1.54) is 0 Å². The second kappa shape index (κ2) is 7.19. The molecule has 0 aliphatic rings. The van der Waals surface area contributed by atoms with Gasteiger partial charge in [-0.2, -0.15) is 5.10 Å². The zero-order chi connectivity index (χ0) is 17.9. The highest BCUT2D eigenvalue weighted by molar-refractivity contribution is 7.13. The van der Waals surface area contributed by atoms with E-state index in [0.29, 0.717) is 23.0 Å². The number of benzene rings is 1. The number of nitrogens with one attached hydrogen (secondary N) is 1. The fourth-order valence-corrected chi connectivity index (χ4v) is 3.35. The quantitative estimate of drug-likeness (QED) is 0.539. The molecule has 0 fully saturated rings. The van der Waals surface area contributed by atoms with Gasteiger partial charge in [-0.3, -0.25) is 4.79 Å². The van der Waals surface area contributed by atoms with Crippen molar-refractivity contribution in [3.8, 4) is 16.3 Å². The number of nitrogens with zero attached hydrogens (tertiary/aromatic N) is 2.